The van der Waals surface area contributed by atoms with Crippen molar-refractivity contribution in [3.05, 3.63) is 35.9 Å². The number of amides is 1. The SMILES string of the molecule is CCCN(CCNC(=O)Cc1ccccc1)S(C)(=O)=O. The molecule has 0 bridgehead atoms. The Labute approximate surface area is 121 Å². The molecule has 0 aliphatic heterocycles. The minimum absolute atomic E-state index is 0.0962. The van der Waals surface area contributed by atoms with E-state index in [1.165, 1.54) is 10.6 Å². The van der Waals surface area contributed by atoms with Crippen LogP contribution in [0.25, 0.3) is 0 Å². The van der Waals surface area contributed by atoms with E-state index in [1.54, 1.807) is 0 Å². The van der Waals surface area contributed by atoms with Crippen molar-refractivity contribution in [2.75, 3.05) is 25.9 Å². The molecule has 0 aliphatic rings. The Morgan fingerprint density at radius 3 is 2.40 bits per heavy atom. The van der Waals surface area contributed by atoms with Gasteiger partial charge in [0, 0.05) is 19.6 Å². The number of benzene rings is 1. The molecule has 20 heavy (non-hydrogen) atoms. The number of carbonyl (C=O) groups excluding carboxylic acids is 1. The highest BCUT2D eigenvalue weighted by atomic mass is 32.2. The van der Waals surface area contributed by atoms with Gasteiger partial charge in [0.05, 0.1) is 12.7 Å². The van der Waals surface area contributed by atoms with Gasteiger partial charge in [-0.15, -0.1) is 0 Å². The first-order valence-corrected chi connectivity index (χ1v) is 8.54. The summed E-state index contributed by atoms with van der Waals surface area (Å²) in [7, 11) is -3.20. The van der Waals surface area contributed by atoms with Crippen molar-refractivity contribution >= 4 is 15.9 Å². The van der Waals surface area contributed by atoms with E-state index in [-0.39, 0.29) is 5.91 Å². The van der Waals surface area contributed by atoms with Gasteiger partial charge in [-0.1, -0.05) is 37.3 Å². The number of nitrogens with zero attached hydrogens (tertiary/aromatic N) is 1. The van der Waals surface area contributed by atoms with Crippen molar-refractivity contribution in [3.63, 3.8) is 0 Å². The molecule has 1 aromatic rings. The Bertz CT molecular complexity index is 514. The summed E-state index contributed by atoms with van der Waals surface area (Å²) < 4.78 is 24.4. The molecule has 0 saturated heterocycles. The molecule has 0 saturated carbocycles. The van der Waals surface area contributed by atoms with E-state index in [0.29, 0.717) is 26.1 Å². The van der Waals surface area contributed by atoms with E-state index in [2.05, 4.69) is 5.32 Å². The van der Waals surface area contributed by atoms with Gasteiger partial charge in [0.2, 0.25) is 15.9 Å². The Morgan fingerprint density at radius 1 is 1.20 bits per heavy atom. The lowest BCUT2D eigenvalue weighted by atomic mass is 10.1. The summed E-state index contributed by atoms with van der Waals surface area (Å²) in [6, 6.07) is 9.44. The van der Waals surface area contributed by atoms with E-state index >= 15 is 0 Å². The first-order chi connectivity index (χ1) is 9.43. The molecule has 1 aromatic carbocycles. The average Bonchev–Trinajstić information content (AvgIpc) is 2.37. The zero-order chi connectivity index (χ0) is 15.0. The molecule has 5 nitrogen and oxygen atoms in total. The summed E-state index contributed by atoms with van der Waals surface area (Å²) in [5.41, 5.74) is 0.943. The zero-order valence-corrected chi connectivity index (χ0v) is 12.8. The highest BCUT2D eigenvalue weighted by Gasteiger charge is 2.15. The Balaban J connectivity index is 2.37. The van der Waals surface area contributed by atoms with Crippen molar-refractivity contribution in [1.82, 2.24) is 9.62 Å². The molecule has 0 unspecified atom stereocenters. The number of rotatable bonds is 8. The summed E-state index contributed by atoms with van der Waals surface area (Å²) in [4.78, 5) is 11.7. The number of carbonyl (C=O) groups is 1. The van der Waals surface area contributed by atoms with Crippen LogP contribution in [0.4, 0.5) is 0 Å². The summed E-state index contributed by atoms with van der Waals surface area (Å²) in [6.07, 6.45) is 2.26. The summed E-state index contributed by atoms with van der Waals surface area (Å²) in [6.45, 7) is 3.05. The standard InChI is InChI=1S/C14H22N2O3S/c1-3-10-16(20(2,18)19)11-9-15-14(17)12-13-7-5-4-6-8-13/h4-8H,3,9-12H2,1-2H3,(H,15,17). The molecule has 0 spiro atoms. The smallest absolute Gasteiger partial charge is 0.224 e. The minimum Gasteiger partial charge on any atom is -0.354 e. The van der Waals surface area contributed by atoms with E-state index in [9.17, 15) is 13.2 Å². The third kappa shape index (κ3) is 6.16. The number of sulfonamides is 1. The lowest BCUT2D eigenvalue weighted by Gasteiger charge is -2.19. The second-order valence-electron chi connectivity index (χ2n) is 4.67. The minimum atomic E-state index is -3.20. The van der Waals surface area contributed by atoms with Crippen LogP contribution in [0.1, 0.15) is 18.9 Å². The molecule has 0 fully saturated rings. The molecular weight excluding hydrogens is 276 g/mol. The summed E-state index contributed by atoms with van der Waals surface area (Å²) in [5.74, 6) is -0.0962. The van der Waals surface area contributed by atoms with Crippen molar-refractivity contribution < 1.29 is 13.2 Å². The maximum atomic E-state index is 11.7. The van der Waals surface area contributed by atoms with Gasteiger partial charge in [0.1, 0.15) is 0 Å². The van der Waals surface area contributed by atoms with Crippen molar-refractivity contribution in [1.29, 1.82) is 0 Å². The van der Waals surface area contributed by atoms with Gasteiger partial charge < -0.3 is 5.32 Å². The second kappa shape index (κ2) is 8.01. The average molecular weight is 298 g/mol. The largest absolute Gasteiger partial charge is 0.354 e. The molecule has 6 heteroatoms. The van der Waals surface area contributed by atoms with E-state index in [1.807, 2.05) is 37.3 Å². The zero-order valence-electron chi connectivity index (χ0n) is 12.0. The highest BCUT2D eigenvalue weighted by Crippen LogP contribution is 2.00. The summed E-state index contributed by atoms with van der Waals surface area (Å²) >= 11 is 0. The van der Waals surface area contributed by atoms with Crippen molar-refractivity contribution in [2.24, 2.45) is 0 Å². The van der Waals surface area contributed by atoms with E-state index < -0.39 is 10.0 Å². The third-order valence-electron chi connectivity index (χ3n) is 2.83. The molecule has 0 heterocycles. The molecule has 0 aliphatic carbocycles. The van der Waals surface area contributed by atoms with Gasteiger partial charge in [-0.3, -0.25) is 4.79 Å². The van der Waals surface area contributed by atoms with Crippen LogP contribution in [-0.2, 0) is 21.2 Å². The van der Waals surface area contributed by atoms with Crippen LogP contribution < -0.4 is 5.32 Å². The fourth-order valence-corrected chi connectivity index (χ4v) is 2.79. The first-order valence-electron chi connectivity index (χ1n) is 6.69. The van der Waals surface area contributed by atoms with Crippen LogP contribution in [0.5, 0.6) is 0 Å². The maximum absolute atomic E-state index is 11.7. The predicted molar refractivity (Wildman–Crippen MR) is 79.9 cm³/mol. The van der Waals surface area contributed by atoms with Crippen molar-refractivity contribution in [3.8, 4) is 0 Å². The number of nitrogens with one attached hydrogen (secondary N) is 1. The Morgan fingerprint density at radius 2 is 1.85 bits per heavy atom. The third-order valence-corrected chi connectivity index (χ3v) is 4.14. The van der Waals surface area contributed by atoms with E-state index in [0.717, 1.165) is 12.0 Å². The quantitative estimate of drug-likeness (QED) is 0.779. The fourth-order valence-electron chi connectivity index (χ4n) is 1.86. The molecule has 0 radical (unpaired) electrons. The lowest BCUT2D eigenvalue weighted by Crippen LogP contribution is -2.38. The molecule has 0 atom stereocenters. The van der Waals surface area contributed by atoms with Crippen molar-refractivity contribution in [2.45, 2.75) is 19.8 Å². The van der Waals surface area contributed by atoms with Crippen LogP contribution in [0.3, 0.4) is 0 Å². The molecular formula is C14H22N2O3S. The summed E-state index contributed by atoms with van der Waals surface area (Å²) in [5, 5.41) is 2.75. The van der Waals surface area contributed by atoms with Gasteiger partial charge in [0.25, 0.3) is 0 Å². The number of hydrogen-bond donors (Lipinski definition) is 1. The monoisotopic (exact) mass is 298 g/mol. The Kier molecular flexibility index (Phi) is 6.67. The molecule has 1 rings (SSSR count). The van der Waals surface area contributed by atoms with Gasteiger partial charge in [-0.25, -0.2) is 12.7 Å². The van der Waals surface area contributed by atoms with Crippen LogP contribution >= 0.6 is 0 Å². The Hall–Kier alpha value is -1.40. The van der Waals surface area contributed by atoms with Gasteiger partial charge in [-0.05, 0) is 12.0 Å². The van der Waals surface area contributed by atoms with Crippen LogP contribution in [-0.4, -0.2) is 44.5 Å². The topological polar surface area (TPSA) is 66.5 Å². The normalized spacial score (nSPS) is 11.6. The maximum Gasteiger partial charge on any atom is 0.224 e. The van der Waals surface area contributed by atoms with Gasteiger partial charge in [-0.2, -0.15) is 0 Å². The molecule has 1 amide bonds. The molecule has 1 N–H and O–H groups in total. The van der Waals surface area contributed by atoms with Gasteiger partial charge >= 0.3 is 0 Å². The highest BCUT2D eigenvalue weighted by molar-refractivity contribution is 7.88. The van der Waals surface area contributed by atoms with E-state index in [4.69, 9.17) is 0 Å². The second-order valence-corrected chi connectivity index (χ2v) is 6.66. The number of hydrogen-bond acceptors (Lipinski definition) is 3. The van der Waals surface area contributed by atoms with Crippen LogP contribution in [0.2, 0.25) is 0 Å². The van der Waals surface area contributed by atoms with Crippen LogP contribution in [0, 0.1) is 0 Å². The lowest BCUT2D eigenvalue weighted by molar-refractivity contribution is -0.120. The van der Waals surface area contributed by atoms with Gasteiger partial charge in [0.15, 0.2) is 0 Å². The first kappa shape index (κ1) is 16.7. The van der Waals surface area contributed by atoms with Crippen LogP contribution in [0.15, 0.2) is 30.3 Å². The fraction of sp³-hybridized carbons (Fsp3) is 0.500. The molecule has 112 valence electrons. The molecule has 0 aromatic heterocycles. The predicted octanol–water partition coefficient (Wildman–Crippen LogP) is 1.02.